The van der Waals surface area contributed by atoms with E-state index in [1.165, 1.54) is 0 Å². The van der Waals surface area contributed by atoms with Gasteiger partial charge < -0.3 is 0 Å². The van der Waals surface area contributed by atoms with E-state index in [0.717, 1.165) is 0 Å². The lowest BCUT2D eigenvalue weighted by Crippen LogP contribution is -2.70. The highest BCUT2D eigenvalue weighted by atomic mass is 19.4. The van der Waals surface area contributed by atoms with E-state index in [9.17, 15) is 48.3 Å². The van der Waals surface area contributed by atoms with Gasteiger partial charge in [-0.25, -0.2) is 4.39 Å². The first-order valence-electron chi connectivity index (χ1n) is 4.93. The van der Waals surface area contributed by atoms with Gasteiger partial charge in [0.05, 0.1) is 0 Å². The van der Waals surface area contributed by atoms with Gasteiger partial charge in [0.25, 0.3) is 0 Å². The fourth-order valence-electron chi connectivity index (χ4n) is 1.27. The molecule has 0 fully saturated rings. The van der Waals surface area contributed by atoms with Gasteiger partial charge in [0.15, 0.2) is 0 Å². The first-order valence-corrected chi connectivity index (χ1v) is 4.93. The molecule has 0 saturated carbocycles. The zero-order valence-electron chi connectivity index (χ0n) is 9.49. The lowest BCUT2D eigenvalue weighted by molar-refractivity contribution is -0.427. The summed E-state index contributed by atoms with van der Waals surface area (Å²) in [4.78, 5) is 0. The number of alkyl halides is 11. The maximum absolute atomic E-state index is 13.0. The molecule has 0 unspecified atom stereocenters. The third-order valence-corrected chi connectivity index (χ3v) is 2.41. The molecule has 0 atom stereocenters. The van der Waals surface area contributed by atoms with Gasteiger partial charge in [-0.05, 0) is 6.42 Å². The third kappa shape index (κ3) is 2.80. The van der Waals surface area contributed by atoms with Crippen molar-refractivity contribution in [3.8, 4) is 0 Å². The minimum atomic E-state index is -7.35. The summed E-state index contributed by atoms with van der Waals surface area (Å²) in [5.41, 5.74) is -7.35. The van der Waals surface area contributed by atoms with Gasteiger partial charge >= 0.3 is 29.9 Å². The first kappa shape index (κ1) is 19.2. The monoisotopic (exact) mass is 325 g/mol. The maximum Gasteiger partial charge on any atom is 0.438 e. The van der Waals surface area contributed by atoms with Crippen LogP contribution in [0.2, 0.25) is 0 Å². The van der Waals surface area contributed by atoms with Gasteiger partial charge in [-0.3, -0.25) is 0 Å². The smallest absolute Gasteiger partial charge is 0.216 e. The summed E-state index contributed by atoms with van der Waals surface area (Å²) in [5, 5.41) is 0. The van der Waals surface area contributed by atoms with Gasteiger partial charge in [0, 0.05) is 6.42 Å². The number of hydrogen-bond acceptors (Lipinski definition) is 0. The molecule has 0 bridgehead atoms. The highest BCUT2D eigenvalue weighted by Crippen LogP contribution is 2.59. The Morgan fingerprint density at radius 3 is 1.25 bits per heavy atom. The lowest BCUT2D eigenvalue weighted by Gasteiger charge is -2.39. The van der Waals surface area contributed by atoms with Crippen molar-refractivity contribution in [2.45, 2.75) is 49.1 Å². The Morgan fingerprint density at radius 2 is 1.00 bits per heavy atom. The summed E-state index contributed by atoms with van der Waals surface area (Å²) < 4.78 is 137. The second-order valence-electron chi connectivity index (χ2n) is 3.89. The van der Waals surface area contributed by atoms with Crippen molar-refractivity contribution >= 4 is 0 Å². The molecule has 0 amide bonds. The largest absolute Gasteiger partial charge is 0.438 e. The van der Waals surface area contributed by atoms with Crippen LogP contribution < -0.4 is 0 Å². The van der Waals surface area contributed by atoms with Gasteiger partial charge in [-0.15, -0.1) is 0 Å². The number of rotatable bonds is 5. The Kier molecular flexibility index (Phi) is 5.01. The Hall–Kier alpha value is -0.770. The van der Waals surface area contributed by atoms with E-state index < -0.39 is 49.1 Å². The summed E-state index contributed by atoms with van der Waals surface area (Å²) in [7, 11) is 0. The molecule has 121 valence electrons. The van der Waals surface area contributed by atoms with Crippen LogP contribution in [-0.2, 0) is 0 Å². The second-order valence-corrected chi connectivity index (χ2v) is 3.89. The highest BCUT2D eigenvalue weighted by molar-refractivity contribution is 5.10. The standard InChI is InChI=1S/C9H8F11/c1-2-3-4-5(10,11)7(13,14)6(12,8(15,16)17)9(18,19)20/h1-4H2. The van der Waals surface area contributed by atoms with Crippen molar-refractivity contribution in [2.24, 2.45) is 0 Å². The summed E-state index contributed by atoms with van der Waals surface area (Å²) in [5.74, 6) is -12.9. The molecule has 0 aliphatic carbocycles. The molecule has 0 aliphatic heterocycles. The zero-order valence-corrected chi connectivity index (χ0v) is 9.49. The van der Waals surface area contributed by atoms with Crippen LogP contribution in [0.25, 0.3) is 0 Å². The third-order valence-electron chi connectivity index (χ3n) is 2.41. The molecule has 0 heterocycles. The van der Waals surface area contributed by atoms with Crippen molar-refractivity contribution in [3.05, 3.63) is 6.92 Å². The molecule has 11 heteroatoms. The van der Waals surface area contributed by atoms with Crippen LogP contribution in [0.4, 0.5) is 48.3 Å². The molecule has 0 N–H and O–H groups in total. The second kappa shape index (κ2) is 5.21. The molecule has 0 nitrogen and oxygen atoms in total. The van der Waals surface area contributed by atoms with Crippen LogP contribution in [0, 0.1) is 6.92 Å². The van der Waals surface area contributed by atoms with E-state index in [4.69, 9.17) is 0 Å². The van der Waals surface area contributed by atoms with Crippen LogP contribution in [0.5, 0.6) is 0 Å². The molecule has 0 aromatic rings. The normalized spacial score (nSPS) is 15.6. The molecular formula is C9H8F11. The van der Waals surface area contributed by atoms with Crippen molar-refractivity contribution in [2.75, 3.05) is 0 Å². The minimum absolute atomic E-state index is 0.455. The predicted molar refractivity (Wildman–Crippen MR) is 45.1 cm³/mol. The van der Waals surface area contributed by atoms with Gasteiger partial charge in [-0.1, -0.05) is 13.3 Å². The summed E-state index contributed by atoms with van der Waals surface area (Å²) in [6.45, 7) is 2.91. The Balaban J connectivity index is 5.94. The SMILES string of the molecule is [CH2]CCCC(F)(F)C(F)(F)C(F)(C(F)(F)F)C(F)(F)F. The first-order chi connectivity index (χ1) is 8.56. The quantitative estimate of drug-likeness (QED) is 0.617. The zero-order chi connectivity index (χ0) is 16.6. The van der Waals surface area contributed by atoms with Crippen LogP contribution in [-0.4, -0.2) is 29.9 Å². The predicted octanol–water partition coefficient (Wildman–Crippen LogP) is 5.09. The van der Waals surface area contributed by atoms with E-state index in [1.807, 2.05) is 0 Å². The van der Waals surface area contributed by atoms with Crippen LogP contribution in [0.1, 0.15) is 19.3 Å². The van der Waals surface area contributed by atoms with Crippen molar-refractivity contribution in [1.29, 1.82) is 0 Å². The van der Waals surface area contributed by atoms with Gasteiger partial charge in [0.1, 0.15) is 0 Å². The van der Waals surface area contributed by atoms with E-state index in [-0.39, 0.29) is 0 Å². The topological polar surface area (TPSA) is 0 Å². The van der Waals surface area contributed by atoms with Crippen molar-refractivity contribution in [3.63, 3.8) is 0 Å². The van der Waals surface area contributed by atoms with Gasteiger partial charge in [-0.2, -0.15) is 43.9 Å². The van der Waals surface area contributed by atoms with Crippen LogP contribution in [0.3, 0.4) is 0 Å². The highest BCUT2D eigenvalue weighted by Gasteiger charge is 2.89. The van der Waals surface area contributed by atoms with Crippen molar-refractivity contribution < 1.29 is 48.3 Å². The van der Waals surface area contributed by atoms with Crippen molar-refractivity contribution in [1.82, 2.24) is 0 Å². The molecule has 0 spiro atoms. The van der Waals surface area contributed by atoms with Gasteiger partial charge in [0.2, 0.25) is 0 Å². The number of halogens is 11. The van der Waals surface area contributed by atoms with E-state index in [0.29, 0.717) is 0 Å². The van der Waals surface area contributed by atoms with E-state index >= 15 is 0 Å². The molecule has 20 heavy (non-hydrogen) atoms. The Bertz CT molecular complexity index is 310. The molecule has 0 saturated heterocycles. The molecule has 0 rings (SSSR count). The fourth-order valence-corrected chi connectivity index (χ4v) is 1.27. The number of unbranched alkanes of at least 4 members (excludes halogenated alkanes) is 1. The summed E-state index contributed by atoms with van der Waals surface area (Å²) in [6, 6.07) is 0. The maximum atomic E-state index is 13.0. The van der Waals surface area contributed by atoms with Crippen LogP contribution in [0.15, 0.2) is 0 Å². The molecule has 0 aromatic heterocycles. The minimum Gasteiger partial charge on any atom is -0.216 e. The van der Waals surface area contributed by atoms with E-state index in [2.05, 4.69) is 6.92 Å². The molecule has 0 aromatic carbocycles. The van der Waals surface area contributed by atoms with E-state index in [1.54, 1.807) is 0 Å². The number of hydrogen-bond donors (Lipinski definition) is 0. The summed E-state index contributed by atoms with van der Waals surface area (Å²) >= 11 is 0. The van der Waals surface area contributed by atoms with Crippen LogP contribution >= 0.6 is 0 Å². The Labute approximate surface area is 105 Å². The molecular weight excluding hydrogens is 317 g/mol. The average Bonchev–Trinajstić information content (AvgIpc) is 2.21. The Morgan fingerprint density at radius 1 is 0.650 bits per heavy atom. The lowest BCUT2D eigenvalue weighted by atomic mass is 9.88. The summed E-state index contributed by atoms with van der Waals surface area (Å²) in [6.07, 6.45) is -18.0. The molecule has 0 aliphatic rings. The average molecular weight is 325 g/mol. The molecule has 1 radical (unpaired) electrons. The fraction of sp³-hybridized carbons (Fsp3) is 0.889.